The maximum atomic E-state index is 5.98. The first-order valence-electron chi connectivity index (χ1n) is 9.91. The van der Waals surface area contributed by atoms with Gasteiger partial charge >= 0.3 is 0 Å². The predicted molar refractivity (Wildman–Crippen MR) is 110 cm³/mol. The van der Waals surface area contributed by atoms with E-state index in [2.05, 4.69) is 54.3 Å². The SMILES string of the molecule is CCN(Cc1ccc2oc3ccccc3c2c1)[C@H]1CCCc2cccnc21. The van der Waals surface area contributed by atoms with Gasteiger partial charge in [0.1, 0.15) is 11.2 Å². The predicted octanol–water partition coefficient (Wildman–Crippen LogP) is 5.88. The molecule has 2 aromatic carbocycles. The van der Waals surface area contributed by atoms with Crippen molar-refractivity contribution in [3.8, 4) is 0 Å². The molecule has 5 rings (SSSR count). The molecule has 2 heterocycles. The van der Waals surface area contributed by atoms with Gasteiger partial charge in [-0.15, -0.1) is 0 Å². The number of para-hydroxylation sites is 1. The largest absolute Gasteiger partial charge is 0.456 e. The zero-order valence-corrected chi connectivity index (χ0v) is 15.7. The van der Waals surface area contributed by atoms with Gasteiger partial charge in [0.15, 0.2) is 0 Å². The summed E-state index contributed by atoms with van der Waals surface area (Å²) in [6.07, 6.45) is 5.53. The lowest BCUT2D eigenvalue weighted by Gasteiger charge is -2.34. The molecule has 4 aromatic rings. The third kappa shape index (κ3) is 2.92. The molecule has 3 nitrogen and oxygen atoms in total. The van der Waals surface area contributed by atoms with Crippen molar-refractivity contribution in [2.45, 2.75) is 38.8 Å². The summed E-state index contributed by atoms with van der Waals surface area (Å²) in [6.45, 7) is 4.21. The van der Waals surface area contributed by atoms with E-state index in [1.54, 1.807) is 0 Å². The fourth-order valence-corrected chi connectivity index (χ4v) is 4.49. The van der Waals surface area contributed by atoms with Gasteiger partial charge in [-0.05, 0) is 61.2 Å². The zero-order valence-electron chi connectivity index (χ0n) is 15.7. The molecule has 0 aliphatic heterocycles. The highest BCUT2D eigenvalue weighted by Gasteiger charge is 2.26. The van der Waals surface area contributed by atoms with Gasteiger partial charge < -0.3 is 4.42 Å². The minimum Gasteiger partial charge on any atom is -0.456 e. The lowest BCUT2D eigenvalue weighted by molar-refractivity contribution is 0.175. The Balaban J connectivity index is 1.49. The van der Waals surface area contributed by atoms with Crippen molar-refractivity contribution in [2.24, 2.45) is 0 Å². The molecule has 0 unspecified atom stereocenters. The standard InChI is InChI=1S/C24H24N2O/c1-2-26(21-10-5-7-18-8-6-14-25-24(18)21)16-17-12-13-23-20(15-17)19-9-3-4-11-22(19)27-23/h3-4,6,8-9,11-15,21H,2,5,7,10,16H2,1H3/t21-/m0/s1. The van der Waals surface area contributed by atoms with E-state index in [-0.39, 0.29) is 0 Å². The number of aromatic nitrogens is 1. The van der Waals surface area contributed by atoms with Crippen LogP contribution in [0.25, 0.3) is 21.9 Å². The van der Waals surface area contributed by atoms with E-state index in [0.29, 0.717) is 6.04 Å². The van der Waals surface area contributed by atoms with Gasteiger partial charge in [-0.1, -0.05) is 37.3 Å². The van der Waals surface area contributed by atoms with Gasteiger partial charge in [-0.25, -0.2) is 0 Å². The molecular formula is C24H24N2O. The molecule has 0 fully saturated rings. The molecule has 27 heavy (non-hydrogen) atoms. The van der Waals surface area contributed by atoms with Gasteiger partial charge in [0.2, 0.25) is 0 Å². The van der Waals surface area contributed by atoms with Crippen molar-refractivity contribution in [1.82, 2.24) is 9.88 Å². The van der Waals surface area contributed by atoms with Gasteiger partial charge in [0.05, 0.1) is 11.7 Å². The third-order valence-electron chi connectivity index (χ3n) is 5.84. The fourth-order valence-electron chi connectivity index (χ4n) is 4.49. The molecule has 1 atom stereocenters. The second-order valence-corrected chi connectivity index (χ2v) is 7.45. The van der Waals surface area contributed by atoms with Gasteiger partial charge in [-0.2, -0.15) is 0 Å². The number of rotatable bonds is 4. The van der Waals surface area contributed by atoms with Crippen LogP contribution in [-0.2, 0) is 13.0 Å². The van der Waals surface area contributed by atoms with E-state index in [1.165, 1.54) is 40.4 Å². The molecule has 0 saturated heterocycles. The molecule has 0 spiro atoms. The first-order chi connectivity index (χ1) is 13.3. The van der Waals surface area contributed by atoms with Crippen LogP contribution in [0.2, 0.25) is 0 Å². The Hall–Kier alpha value is -2.65. The molecule has 1 aliphatic carbocycles. The van der Waals surface area contributed by atoms with Crippen LogP contribution < -0.4 is 0 Å². The van der Waals surface area contributed by atoms with E-state index >= 15 is 0 Å². The highest BCUT2D eigenvalue weighted by Crippen LogP contribution is 2.34. The van der Waals surface area contributed by atoms with E-state index in [0.717, 1.165) is 30.7 Å². The van der Waals surface area contributed by atoms with E-state index in [4.69, 9.17) is 9.40 Å². The van der Waals surface area contributed by atoms with Crippen molar-refractivity contribution in [3.05, 3.63) is 77.6 Å². The first kappa shape index (κ1) is 16.5. The summed E-state index contributed by atoms with van der Waals surface area (Å²) in [6, 6.07) is 19.6. The molecule has 0 N–H and O–H groups in total. The Bertz CT molecular complexity index is 1100. The summed E-state index contributed by atoms with van der Waals surface area (Å²) in [7, 11) is 0. The highest BCUT2D eigenvalue weighted by molar-refractivity contribution is 6.04. The van der Waals surface area contributed by atoms with E-state index < -0.39 is 0 Å². The van der Waals surface area contributed by atoms with E-state index in [1.807, 2.05) is 18.3 Å². The summed E-state index contributed by atoms with van der Waals surface area (Å²) < 4.78 is 5.98. The van der Waals surface area contributed by atoms with Crippen LogP contribution in [0.5, 0.6) is 0 Å². The van der Waals surface area contributed by atoms with Crippen LogP contribution in [0.15, 0.2) is 65.2 Å². The number of nitrogens with zero attached hydrogens (tertiary/aromatic N) is 2. The van der Waals surface area contributed by atoms with Crippen molar-refractivity contribution in [2.75, 3.05) is 6.54 Å². The van der Waals surface area contributed by atoms with Crippen LogP contribution in [-0.4, -0.2) is 16.4 Å². The summed E-state index contributed by atoms with van der Waals surface area (Å²) in [5.41, 5.74) is 5.96. The second kappa shape index (κ2) is 6.82. The van der Waals surface area contributed by atoms with Crippen molar-refractivity contribution < 1.29 is 4.42 Å². The average molecular weight is 356 g/mol. The molecule has 3 heteroatoms. The Kier molecular flexibility index (Phi) is 4.17. The number of hydrogen-bond acceptors (Lipinski definition) is 3. The monoisotopic (exact) mass is 356 g/mol. The summed E-state index contributed by atoms with van der Waals surface area (Å²) in [5.74, 6) is 0. The topological polar surface area (TPSA) is 29.3 Å². The van der Waals surface area contributed by atoms with Crippen molar-refractivity contribution >= 4 is 21.9 Å². The number of aryl methyl sites for hydroxylation is 1. The van der Waals surface area contributed by atoms with E-state index in [9.17, 15) is 0 Å². The molecule has 1 aliphatic rings. The van der Waals surface area contributed by atoms with Gasteiger partial charge in [-0.3, -0.25) is 9.88 Å². The Labute approximate surface area is 159 Å². The molecule has 0 radical (unpaired) electrons. The molecule has 0 amide bonds. The third-order valence-corrected chi connectivity index (χ3v) is 5.84. The Morgan fingerprint density at radius 3 is 2.85 bits per heavy atom. The maximum absolute atomic E-state index is 5.98. The van der Waals surface area contributed by atoms with Crippen molar-refractivity contribution in [3.63, 3.8) is 0 Å². The summed E-state index contributed by atoms with van der Waals surface area (Å²) in [5, 5.41) is 2.41. The summed E-state index contributed by atoms with van der Waals surface area (Å²) >= 11 is 0. The first-order valence-corrected chi connectivity index (χ1v) is 9.91. The second-order valence-electron chi connectivity index (χ2n) is 7.45. The average Bonchev–Trinajstić information content (AvgIpc) is 3.10. The minimum absolute atomic E-state index is 0.414. The number of pyridine rings is 1. The molecule has 0 bridgehead atoms. The fraction of sp³-hybridized carbons (Fsp3) is 0.292. The Morgan fingerprint density at radius 2 is 1.93 bits per heavy atom. The maximum Gasteiger partial charge on any atom is 0.135 e. The molecule has 2 aromatic heterocycles. The van der Waals surface area contributed by atoms with Crippen LogP contribution in [0.1, 0.15) is 42.6 Å². The zero-order chi connectivity index (χ0) is 18.2. The van der Waals surface area contributed by atoms with Crippen molar-refractivity contribution in [1.29, 1.82) is 0 Å². The Morgan fingerprint density at radius 1 is 1.04 bits per heavy atom. The number of fused-ring (bicyclic) bond motifs is 4. The smallest absolute Gasteiger partial charge is 0.135 e. The van der Waals surface area contributed by atoms with Crippen LogP contribution in [0, 0.1) is 0 Å². The molecule has 136 valence electrons. The highest BCUT2D eigenvalue weighted by atomic mass is 16.3. The molecular weight excluding hydrogens is 332 g/mol. The molecule has 0 saturated carbocycles. The normalized spacial score (nSPS) is 16.9. The summed E-state index contributed by atoms with van der Waals surface area (Å²) in [4.78, 5) is 7.30. The van der Waals surface area contributed by atoms with Gasteiger partial charge in [0, 0.05) is 23.5 Å². The number of benzene rings is 2. The van der Waals surface area contributed by atoms with Gasteiger partial charge in [0.25, 0.3) is 0 Å². The lowest BCUT2D eigenvalue weighted by Crippen LogP contribution is -2.31. The lowest BCUT2D eigenvalue weighted by atomic mass is 9.90. The number of hydrogen-bond donors (Lipinski definition) is 0. The minimum atomic E-state index is 0.414. The van der Waals surface area contributed by atoms with Crippen LogP contribution in [0.3, 0.4) is 0 Å². The quantitative estimate of drug-likeness (QED) is 0.457. The number of furan rings is 1. The van der Waals surface area contributed by atoms with Crippen LogP contribution in [0.4, 0.5) is 0 Å². The van der Waals surface area contributed by atoms with Crippen LogP contribution >= 0.6 is 0 Å².